The molecular formula is C33H37N5O3. The Morgan fingerprint density at radius 3 is 2.24 bits per heavy atom. The second-order valence-corrected chi connectivity index (χ2v) is 11.8. The van der Waals surface area contributed by atoms with E-state index in [1.54, 1.807) is 6.07 Å². The molecule has 0 aliphatic carbocycles. The highest BCUT2D eigenvalue weighted by molar-refractivity contribution is 6.04. The molecule has 4 aromatic rings. The number of aryl methyl sites for hydroxylation is 1. The maximum atomic E-state index is 13.0. The van der Waals surface area contributed by atoms with Crippen LogP contribution in [0.25, 0.3) is 11.4 Å². The fourth-order valence-electron chi connectivity index (χ4n) is 4.93. The third-order valence-electron chi connectivity index (χ3n) is 7.50. The van der Waals surface area contributed by atoms with Gasteiger partial charge in [0.15, 0.2) is 0 Å². The molecule has 0 radical (unpaired) electrons. The van der Waals surface area contributed by atoms with Crippen LogP contribution in [-0.4, -0.2) is 39.9 Å². The van der Waals surface area contributed by atoms with Crippen molar-refractivity contribution < 1.29 is 14.1 Å². The van der Waals surface area contributed by atoms with Crippen molar-refractivity contribution in [1.82, 2.24) is 15.0 Å². The van der Waals surface area contributed by atoms with Crippen LogP contribution in [0, 0.1) is 12.8 Å². The van der Waals surface area contributed by atoms with Crippen LogP contribution >= 0.6 is 0 Å². The number of carbonyl (C=O) groups excluding carboxylic acids is 2. The van der Waals surface area contributed by atoms with E-state index in [-0.39, 0.29) is 23.1 Å². The minimum Gasteiger partial charge on any atom is -0.338 e. The summed E-state index contributed by atoms with van der Waals surface area (Å²) in [5.74, 6) is 0.883. The number of benzene rings is 3. The highest BCUT2D eigenvalue weighted by atomic mass is 16.5. The molecule has 2 N–H and O–H groups in total. The van der Waals surface area contributed by atoms with Crippen LogP contribution in [0.5, 0.6) is 0 Å². The number of nitrogens with one attached hydrogen (secondary N) is 2. The summed E-state index contributed by atoms with van der Waals surface area (Å²) >= 11 is 0. The molecule has 8 heteroatoms. The van der Waals surface area contributed by atoms with E-state index in [9.17, 15) is 9.59 Å². The third kappa shape index (κ3) is 7.27. The average Bonchev–Trinajstić information content (AvgIpc) is 3.42. The van der Waals surface area contributed by atoms with Gasteiger partial charge in [0, 0.05) is 28.4 Å². The fourth-order valence-corrected chi connectivity index (χ4v) is 4.93. The second kappa shape index (κ2) is 12.1. The lowest BCUT2D eigenvalue weighted by molar-refractivity contribution is -0.121. The maximum Gasteiger partial charge on any atom is 0.255 e. The summed E-state index contributed by atoms with van der Waals surface area (Å²) in [5.41, 5.74) is 5.19. The zero-order chi connectivity index (χ0) is 29.0. The van der Waals surface area contributed by atoms with Gasteiger partial charge in [-0.15, -0.1) is 0 Å². The molecule has 1 fully saturated rings. The Kier molecular flexibility index (Phi) is 8.31. The molecule has 212 valence electrons. The van der Waals surface area contributed by atoms with E-state index in [0.717, 1.165) is 31.5 Å². The van der Waals surface area contributed by atoms with E-state index in [2.05, 4.69) is 46.4 Å². The van der Waals surface area contributed by atoms with Gasteiger partial charge in [-0.1, -0.05) is 74.0 Å². The Hall–Kier alpha value is -4.30. The maximum absolute atomic E-state index is 13.0. The first-order valence-electron chi connectivity index (χ1n) is 14.1. The molecule has 0 atom stereocenters. The highest BCUT2D eigenvalue weighted by Gasteiger charge is 2.26. The average molecular weight is 552 g/mol. The zero-order valence-electron chi connectivity index (χ0n) is 24.1. The van der Waals surface area contributed by atoms with Gasteiger partial charge in [-0.25, -0.2) is 0 Å². The van der Waals surface area contributed by atoms with Crippen molar-refractivity contribution in [3.05, 3.63) is 95.4 Å². The van der Waals surface area contributed by atoms with E-state index in [1.807, 2.05) is 73.7 Å². The summed E-state index contributed by atoms with van der Waals surface area (Å²) < 4.78 is 5.48. The standard InChI is InChI=1S/C33H37N5O3/c1-22-8-10-23(11-9-22)30-36-29(41-37-30)21-38-18-16-25(17-19-38)32(40)35-28-7-5-6-27(20-28)34-31(39)24-12-14-26(15-13-24)33(2,3)4/h5-15,20,25H,16-19,21H2,1-4H3,(H,34,39)(H,35,40). The third-order valence-corrected chi connectivity index (χ3v) is 7.50. The van der Waals surface area contributed by atoms with Gasteiger partial charge < -0.3 is 15.2 Å². The van der Waals surface area contributed by atoms with Crippen molar-refractivity contribution >= 4 is 23.2 Å². The normalized spacial score (nSPS) is 14.5. The van der Waals surface area contributed by atoms with E-state index in [0.29, 0.717) is 35.2 Å². The first kappa shape index (κ1) is 28.2. The minimum atomic E-state index is -0.187. The summed E-state index contributed by atoms with van der Waals surface area (Å²) in [7, 11) is 0. The molecule has 2 amide bonds. The Labute approximate surface area is 241 Å². The van der Waals surface area contributed by atoms with Gasteiger partial charge in [0.05, 0.1) is 6.54 Å². The molecule has 8 nitrogen and oxygen atoms in total. The van der Waals surface area contributed by atoms with Gasteiger partial charge in [-0.2, -0.15) is 4.98 Å². The summed E-state index contributed by atoms with van der Waals surface area (Å²) in [6, 6.07) is 23.0. The Morgan fingerprint density at radius 2 is 1.59 bits per heavy atom. The molecule has 0 bridgehead atoms. The summed E-state index contributed by atoms with van der Waals surface area (Å²) in [5, 5.41) is 10.1. The molecular weight excluding hydrogens is 514 g/mol. The molecule has 1 aliphatic rings. The van der Waals surface area contributed by atoms with Gasteiger partial charge >= 0.3 is 0 Å². The van der Waals surface area contributed by atoms with Crippen LogP contribution in [-0.2, 0) is 16.8 Å². The number of carbonyl (C=O) groups is 2. The van der Waals surface area contributed by atoms with Crippen LogP contribution in [0.2, 0.25) is 0 Å². The van der Waals surface area contributed by atoms with Crippen LogP contribution < -0.4 is 10.6 Å². The van der Waals surface area contributed by atoms with E-state index in [4.69, 9.17) is 4.52 Å². The molecule has 1 saturated heterocycles. The number of anilines is 2. The van der Waals surface area contributed by atoms with Crippen molar-refractivity contribution in [2.75, 3.05) is 23.7 Å². The number of amides is 2. The first-order valence-corrected chi connectivity index (χ1v) is 14.1. The van der Waals surface area contributed by atoms with Gasteiger partial charge in [-0.05, 0) is 74.2 Å². The Morgan fingerprint density at radius 1 is 0.927 bits per heavy atom. The topological polar surface area (TPSA) is 100 Å². The smallest absolute Gasteiger partial charge is 0.255 e. The molecule has 0 spiro atoms. The monoisotopic (exact) mass is 551 g/mol. The lowest BCUT2D eigenvalue weighted by atomic mass is 9.87. The van der Waals surface area contributed by atoms with Crippen LogP contribution in [0.3, 0.4) is 0 Å². The molecule has 0 unspecified atom stereocenters. The number of aromatic nitrogens is 2. The molecule has 1 aromatic heterocycles. The van der Waals surface area contributed by atoms with Crippen molar-refractivity contribution in [3.63, 3.8) is 0 Å². The number of rotatable bonds is 7. The quantitative estimate of drug-likeness (QED) is 0.274. The molecule has 41 heavy (non-hydrogen) atoms. The lowest BCUT2D eigenvalue weighted by Crippen LogP contribution is -2.37. The number of nitrogens with zero attached hydrogens (tertiary/aromatic N) is 3. The Bertz CT molecular complexity index is 1500. The lowest BCUT2D eigenvalue weighted by Gasteiger charge is -2.30. The summed E-state index contributed by atoms with van der Waals surface area (Å²) in [6.45, 7) is 10.6. The molecule has 1 aliphatic heterocycles. The van der Waals surface area contributed by atoms with Crippen molar-refractivity contribution in [1.29, 1.82) is 0 Å². The Balaban J connectivity index is 1.11. The fraction of sp³-hybridized carbons (Fsp3) is 0.333. The SMILES string of the molecule is Cc1ccc(-c2noc(CN3CCC(C(=O)Nc4cccc(NC(=O)c5ccc(C(C)(C)C)cc5)c4)CC3)n2)cc1. The number of hydrogen-bond acceptors (Lipinski definition) is 6. The largest absolute Gasteiger partial charge is 0.338 e. The van der Waals surface area contributed by atoms with Crippen molar-refractivity contribution in [2.45, 2.75) is 52.5 Å². The van der Waals surface area contributed by atoms with Gasteiger partial charge in [0.1, 0.15) is 0 Å². The number of hydrogen-bond donors (Lipinski definition) is 2. The second-order valence-electron chi connectivity index (χ2n) is 11.8. The number of piperidine rings is 1. The van der Waals surface area contributed by atoms with Gasteiger partial charge in [0.2, 0.25) is 17.6 Å². The predicted molar refractivity (Wildman–Crippen MR) is 161 cm³/mol. The minimum absolute atomic E-state index is 0.00894. The van der Waals surface area contributed by atoms with E-state index >= 15 is 0 Å². The number of likely N-dealkylation sites (tertiary alicyclic amines) is 1. The highest BCUT2D eigenvalue weighted by Crippen LogP contribution is 2.25. The van der Waals surface area contributed by atoms with Crippen LogP contribution in [0.1, 0.15) is 61.0 Å². The van der Waals surface area contributed by atoms with E-state index < -0.39 is 0 Å². The van der Waals surface area contributed by atoms with Crippen molar-refractivity contribution in [3.8, 4) is 11.4 Å². The molecule has 3 aromatic carbocycles. The predicted octanol–water partition coefficient (Wildman–Crippen LogP) is 6.45. The summed E-state index contributed by atoms with van der Waals surface area (Å²) in [6.07, 6.45) is 1.48. The van der Waals surface area contributed by atoms with Crippen molar-refractivity contribution in [2.24, 2.45) is 5.92 Å². The molecule has 2 heterocycles. The summed E-state index contributed by atoms with van der Waals surface area (Å²) in [4.78, 5) is 32.6. The molecule has 0 saturated carbocycles. The van der Waals surface area contributed by atoms with Gasteiger partial charge in [0.25, 0.3) is 5.91 Å². The van der Waals surface area contributed by atoms with E-state index in [1.165, 1.54) is 11.1 Å². The molecule has 5 rings (SSSR count). The van der Waals surface area contributed by atoms with Crippen LogP contribution in [0.4, 0.5) is 11.4 Å². The van der Waals surface area contributed by atoms with Gasteiger partial charge in [-0.3, -0.25) is 14.5 Å². The first-order chi connectivity index (χ1) is 19.6. The zero-order valence-corrected chi connectivity index (χ0v) is 24.1. The van der Waals surface area contributed by atoms with Crippen LogP contribution in [0.15, 0.2) is 77.3 Å².